The molecule has 0 fully saturated rings. The minimum absolute atomic E-state index is 0.620. The normalized spacial score (nSPS) is 12.7. The van der Waals surface area contributed by atoms with E-state index in [-0.39, 0.29) is 0 Å². The molecule has 0 bridgehead atoms. The molecule has 0 saturated heterocycles. The second-order valence-electron chi connectivity index (χ2n) is 4.36. The van der Waals surface area contributed by atoms with Crippen LogP contribution in [0.25, 0.3) is 0 Å². The third-order valence-electron chi connectivity index (χ3n) is 2.46. The highest BCUT2D eigenvalue weighted by atomic mass is 32.2. The monoisotopic (exact) mass is 237 g/mol. The molecule has 0 aliphatic carbocycles. The van der Waals surface area contributed by atoms with Gasteiger partial charge in [0.1, 0.15) is 0 Å². The second-order valence-corrected chi connectivity index (χ2v) is 5.39. The maximum absolute atomic E-state index is 3.51. The van der Waals surface area contributed by atoms with Gasteiger partial charge in [-0.15, -0.1) is 0 Å². The maximum atomic E-state index is 3.51. The lowest BCUT2D eigenvalue weighted by Crippen LogP contribution is -2.28. The highest BCUT2D eigenvalue weighted by Crippen LogP contribution is 2.14. The van der Waals surface area contributed by atoms with Gasteiger partial charge < -0.3 is 5.32 Å². The van der Waals surface area contributed by atoms with Crippen molar-refractivity contribution in [2.75, 3.05) is 12.3 Å². The van der Waals surface area contributed by atoms with Gasteiger partial charge in [-0.1, -0.05) is 36.8 Å². The van der Waals surface area contributed by atoms with Crippen LogP contribution in [-0.2, 0) is 5.75 Å². The summed E-state index contributed by atoms with van der Waals surface area (Å²) in [5, 5.41) is 3.51. The van der Waals surface area contributed by atoms with Crippen molar-refractivity contribution in [2.45, 2.75) is 39.0 Å². The van der Waals surface area contributed by atoms with Crippen LogP contribution in [0.15, 0.2) is 24.3 Å². The molecule has 16 heavy (non-hydrogen) atoms. The molecule has 1 aromatic rings. The van der Waals surface area contributed by atoms with Gasteiger partial charge in [0.25, 0.3) is 0 Å². The van der Waals surface area contributed by atoms with Crippen molar-refractivity contribution in [3.63, 3.8) is 0 Å². The van der Waals surface area contributed by atoms with Gasteiger partial charge in [0, 0.05) is 17.5 Å². The lowest BCUT2D eigenvalue weighted by Gasteiger charge is -2.12. The first kappa shape index (κ1) is 13.6. The van der Waals surface area contributed by atoms with Gasteiger partial charge >= 0.3 is 0 Å². The molecule has 1 rings (SSSR count). The number of thioether (sulfide) groups is 1. The number of nitrogens with one attached hydrogen (secondary N) is 1. The van der Waals surface area contributed by atoms with Gasteiger partial charge in [0.15, 0.2) is 0 Å². The fourth-order valence-electron chi connectivity index (χ4n) is 1.61. The van der Waals surface area contributed by atoms with E-state index in [9.17, 15) is 0 Å². The third-order valence-corrected chi connectivity index (χ3v) is 3.74. The Morgan fingerprint density at radius 2 is 2.19 bits per heavy atom. The van der Waals surface area contributed by atoms with Crippen LogP contribution in [0.3, 0.4) is 0 Å². The molecule has 0 aromatic heterocycles. The summed E-state index contributed by atoms with van der Waals surface area (Å²) < 4.78 is 0. The van der Waals surface area contributed by atoms with Crippen molar-refractivity contribution >= 4 is 11.8 Å². The fraction of sp³-hybridized carbons (Fsp3) is 0.571. The zero-order chi connectivity index (χ0) is 11.8. The van der Waals surface area contributed by atoms with Crippen LogP contribution < -0.4 is 5.32 Å². The van der Waals surface area contributed by atoms with E-state index in [1.807, 2.05) is 11.8 Å². The van der Waals surface area contributed by atoms with Crippen molar-refractivity contribution in [1.29, 1.82) is 0 Å². The van der Waals surface area contributed by atoms with E-state index < -0.39 is 0 Å². The van der Waals surface area contributed by atoms with Gasteiger partial charge in [-0.05, 0) is 32.4 Å². The Morgan fingerprint density at radius 3 is 2.88 bits per heavy atom. The standard InChI is InChI=1S/C14H23NS/c1-4-8-15-13(3)10-16-11-14-7-5-6-12(2)9-14/h5-7,9,13,15H,4,8,10-11H2,1-3H3. The quantitative estimate of drug-likeness (QED) is 0.777. The summed E-state index contributed by atoms with van der Waals surface area (Å²) in [6, 6.07) is 9.40. The van der Waals surface area contributed by atoms with Crippen molar-refractivity contribution in [3.05, 3.63) is 35.4 Å². The molecule has 0 spiro atoms. The molecule has 1 nitrogen and oxygen atoms in total. The number of rotatable bonds is 7. The number of aryl methyl sites for hydroxylation is 1. The molecular formula is C14H23NS. The molecule has 90 valence electrons. The minimum atomic E-state index is 0.620. The summed E-state index contributed by atoms with van der Waals surface area (Å²) in [5.74, 6) is 2.31. The third kappa shape index (κ3) is 5.57. The van der Waals surface area contributed by atoms with Crippen LogP contribution in [0.4, 0.5) is 0 Å². The molecular weight excluding hydrogens is 214 g/mol. The highest BCUT2D eigenvalue weighted by molar-refractivity contribution is 7.98. The van der Waals surface area contributed by atoms with Crippen LogP contribution >= 0.6 is 11.8 Å². The molecule has 0 aliphatic heterocycles. The Kier molecular flexibility index (Phi) is 6.58. The van der Waals surface area contributed by atoms with Crippen LogP contribution in [0.1, 0.15) is 31.4 Å². The minimum Gasteiger partial charge on any atom is -0.313 e. The zero-order valence-electron chi connectivity index (χ0n) is 10.6. The molecule has 1 N–H and O–H groups in total. The Morgan fingerprint density at radius 1 is 1.38 bits per heavy atom. The first-order valence-corrected chi connectivity index (χ1v) is 7.24. The number of hydrogen-bond acceptors (Lipinski definition) is 2. The van der Waals surface area contributed by atoms with E-state index in [4.69, 9.17) is 0 Å². The molecule has 0 saturated carbocycles. The summed E-state index contributed by atoms with van der Waals surface area (Å²) in [7, 11) is 0. The molecule has 0 aliphatic rings. The lowest BCUT2D eigenvalue weighted by molar-refractivity contribution is 0.590. The van der Waals surface area contributed by atoms with Gasteiger partial charge in [-0.25, -0.2) is 0 Å². The molecule has 0 amide bonds. The van der Waals surface area contributed by atoms with Gasteiger partial charge in [0.2, 0.25) is 0 Å². The van der Waals surface area contributed by atoms with Crippen LogP contribution in [0.2, 0.25) is 0 Å². The second kappa shape index (κ2) is 7.75. The first-order chi connectivity index (χ1) is 7.72. The highest BCUT2D eigenvalue weighted by Gasteiger charge is 2.00. The van der Waals surface area contributed by atoms with Crippen molar-refractivity contribution in [2.24, 2.45) is 0 Å². The molecule has 1 atom stereocenters. The van der Waals surface area contributed by atoms with Crippen molar-refractivity contribution < 1.29 is 0 Å². The van der Waals surface area contributed by atoms with E-state index in [0.29, 0.717) is 6.04 Å². The van der Waals surface area contributed by atoms with Gasteiger partial charge in [0.05, 0.1) is 0 Å². The van der Waals surface area contributed by atoms with E-state index in [1.54, 1.807) is 0 Å². The van der Waals surface area contributed by atoms with E-state index in [0.717, 1.165) is 12.3 Å². The van der Waals surface area contributed by atoms with Crippen molar-refractivity contribution in [3.8, 4) is 0 Å². The maximum Gasteiger partial charge on any atom is 0.0185 e. The van der Waals surface area contributed by atoms with Crippen molar-refractivity contribution in [1.82, 2.24) is 5.32 Å². The largest absolute Gasteiger partial charge is 0.313 e. The average molecular weight is 237 g/mol. The lowest BCUT2D eigenvalue weighted by atomic mass is 10.2. The zero-order valence-corrected chi connectivity index (χ0v) is 11.4. The molecule has 1 aromatic carbocycles. The average Bonchev–Trinajstić information content (AvgIpc) is 2.26. The van der Waals surface area contributed by atoms with E-state index in [2.05, 4.69) is 50.4 Å². The Hall–Kier alpha value is -0.470. The summed E-state index contributed by atoms with van der Waals surface area (Å²) in [5.41, 5.74) is 2.79. The number of hydrogen-bond donors (Lipinski definition) is 1. The molecule has 2 heteroatoms. The van der Waals surface area contributed by atoms with E-state index >= 15 is 0 Å². The van der Waals surface area contributed by atoms with Gasteiger partial charge in [-0.2, -0.15) is 11.8 Å². The van der Waals surface area contributed by atoms with E-state index in [1.165, 1.54) is 23.3 Å². The van der Waals surface area contributed by atoms with Gasteiger partial charge in [-0.3, -0.25) is 0 Å². The molecule has 0 radical (unpaired) electrons. The van der Waals surface area contributed by atoms with Crippen LogP contribution in [0.5, 0.6) is 0 Å². The Labute approximate surface area is 104 Å². The Balaban J connectivity index is 2.20. The molecule has 0 heterocycles. The first-order valence-electron chi connectivity index (χ1n) is 6.09. The predicted molar refractivity (Wildman–Crippen MR) is 75.1 cm³/mol. The molecule has 1 unspecified atom stereocenters. The summed E-state index contributed by atoms with van der Waals surface area (Å²) in [6.07, 6.45) is 1.22. The summed E-state index contributed by atoms with van der Waals surface area (Å²) >= 11 is 2.01. The SMILES string of the molecule is CCCNC(C)CSCc1cccc(C)c1. The Bertz CT molecular complexity index is 299. The van der Waals surface area contributed by atoms with Crippen LogP contribution in [-0.4, -0.2) is 18.3 Å². The smallest absolute Gasteiger partial charge is 0.0185 e. The summed E-state index contributed by atoms with van der Waals surface area (Å²) in [6.45, 7) is 7.75. The number of benzene rings is 1. The fourth-order valence-corrected chi connectivity index (χ4v) is 2.61. The summed E-state index contributed by atoms with van der Waals surface area (Å²) in [4.78, 5) is 0. The predicted octanol–water partition coefficient (Wildman–Crippen LogP) is 3.62. The van der Waals surface area contributed by atoms with Crippen LogP contribution in [0, 0.1) is 6.92 Å². The topological polar surface area (TPSA) is 12.0 Å².